The Morgan fingerprint density at radius 2 is 2.32 bits per heavy atom. The van der Waals surface area contributed by atoms with Crippen LogP contribution in [0, 0.1) is 10.1 Å². The van der Waals surface area contributed by atoms with Crippen LogP contribution in [-0.2, 0) is 11.3 Å². The van der Waals surface area contributed by atoms with Crippen LogP contribution in [0.25, 0.3) is 0 Å². The molecule has 6 heteroatoms. The number of nitrogens with zero attached hydrogens (tertiary/aromatic N) is 1. The lowest BCUT2D eigenvalue weighted by Crippen LogP contribution is -2.19. The first-order valence-electron chi connectivity index (χ1n) is 5.86. The van der Waals surface area contributed by atoms with Crippen molar-refractivity contribution in [3.8, 4) is 0 Å². The molecule has 1 aromatic carbocycles. The quantitative estimate of drug-likeness (QED) is 0.345. The van der Waals surface area contributed by atoms with Gasteiger partial charge in [0.25, 0.3) is 5.69 Å². The highest BCUT2D eigenvalue weighted by atomic mass is 35.5. The van der Waals surface area contributed by atoms with E-state index in [-0.39, 0.29) is 5.69 Å². The summed E-state index contributed by atoms with van der Waals surface area (Å²) in [6.07, 6.45) is 0. The maximum absolute atomic E-state index is 10.7. The number of hydrogen-bond acceptors (Lipinski definition) is 4. The van der Waals surface area contributed by atoms with Crippen LogP contribution in [0.5, 0.6) is 0 Å². The average Bonchev–Trinajstić information content (AvgIpc) is 2.34. The Balaban J connectivity index is 2.38. The molecule has 0 aliphatic carbocycles. The minimum absolute atomic E-state index is 0.0414. The predicted molar refractivity (Wildman–Crippen MR) is 75.4 cm³/mol. The summed E-state index contributed by atoms with van der Waals surface area (Å²) in [5, 5.41) is 14.3. The third-order valence-electron chi connectivity index (χ3n) is 2.33. The molecule has 0 aliphatic heterocycles. The monoisotopic (exact) mass is 284 g/mol. The number of ether oxygens (including phenoxy) is 1. The third kappa shape index (κ3) is 5.83. The zero-order valence-electron chi connectivity index (χ0n) is 10.8. The van der Waals surface area contributed by atoms with Crippen LogP contribution in [0.1, 0.15) is 12.5 Å². The van der Waals surface area contributed by atoms with E-state index in [4.69, 9.17) is 16.3 Å². The molecule has 1 N–H and O–H groups in total. The van der Waals surface area contributed by atoms with E-state index in [1.54, 1.807) is 0 Å². The molecule has 0 radical (unpaired) electrons. The first kappa shape index (κ1) is 15.6. The first-order valence-corrected chi connectivity index (χ1v) is 6.24. The van der Waals surface area contributed by atoms with Gasteiger partial charge in [0.2, 0.25) is 0 Å². The van der Waals surface area contributed by atoms with E-state index in [0.29, 0.717) is 36.9 Å². The van der Waals surface area contributed by atoms with E-state index < -0.39 is 4.92 Å². The third-order valence-corrected chi connectivity index (χ3v) is 2.70. The molecule has 19 heavy (non-hydrogen) atoms. The largest absolute Gasteiger partial charge is 0.376 e. The van der Waals surface area contributed by atoms with Gasteiger partial charge in [0.05, 0.1) is 18.1 Å². The molecule has 0 aliphatic rings. The van der Waals surface area contributed by atoms with Crippen LogP contribution in [0.2, 0.25) is 5.02 Å². The molecule has 0 fully saturated rings. The number of rotatable bonds is 8. The maximum Gasteiger partial charge on any atom is 0.269 e. The maximum atomic E-state index is 10.7. The van der Waals surface area contributed by atoms with Crippen LogP contribution in [0.4, 0.5) is 5.69 Å². The highest BCUT2D eigenvalue weighted by Gasteiger charge is 2.09. The Morgan fingerprint density at radius 3 is 2.95 bits per heavy atom. The number of nitro groups is 1. The number of benzene rings is 1. The van der Waals surface area contributed by atoms with Crippen molar-refractivity contribution in [2.24, 2.45) is 0 Å². The van der Waals surface area contributed by atoms with E-state index in [1.807, 2.05) is 6.92 Å². The second-order valence-electron chi connectivity index (χ2n) is 4.22. The SMILES string of the molecule is C=C(C)COCCNCc1cc([N+](=O)[O-])ccc1Cl. The van der Waals surface area contributed by atoms with Gasteiger partial charge < -0.3 is 10.1 Å². The van der Waals surface area contributed by atoms with Gasteiger partial charge in [-0.3, -0.25) is 10.1 Å². The molecule has 0 saturated carbocycles. The summed E-state index contributed by atoms with van der Waals surface area (Å²) in [7, 11) is 0. The molecular formula is C13H17ClN2O3. The summed E-state index contributed by atoms with van der Waals surface area (Å²) < 4.78 is 5.32. The van der Waals surface area contributed by atoms with Gasteiger partial charge in [-0.1, -0.05) is 23.8 Å². The van der Waals surface area contributed by atoms with Crippen LogP contribution in [-0.4, -0.2) is 24.7 Å². The molecule has 0 aromatic heterocycles. The molecule has 5 nitrogen and oxygen atoms in total. The molecule has 0 heterocycles. The number of nitrogens with one attached hydrogen (secondary N) is 1. The second kappa shape index (κ2) is 7.89. The van der Waals surface area contributed by atoms with Crippen molar-refractivity contribution in [2.45, 2.75) is 13.5 Å². The summed E-state index contributed by atoms with van der Waals surface area (Å²) in [6.45, 7) is 7.84. The van der Waals surface area contributed by atoms with E-state index in [0.717, 1.165) is 5.57 Å². The number of nitro benzene ring substituents is 1. The standard InChI is InChI=1S/C13H17ClN2O3/c1-10(2)9-19-6-5-15-8-11-7-12(16(17)18)3-4-13(11)14/h3-4,7,15H,1,5-6,8-9H2,2H3. The van der Waals surface area contributed by atoms with Crippen molar-refractivity contribution >= 4 is 17.3 Å². The van der Waals surface area contributed by atoms with Gasteiger partial charge in [0, 0.05) is 30.2 Å². The van der Waals surface area contributed by atoms with Crippen molar-refractivity contribution in [2.75, 3.05) is 19.8 Å². The molecule has 0 unspecified atom stereocenters. The minimum Gasteiger partial charge on any atom is -0.376 e. The van der Waals surface area contributed by atoms with E-state index in [9.17, 15) is 10.1 Å². The number of hydrogen-bond donors (Lipinski definition) is 1. The Bertz CT molecular complexity index is 463. The Hall–Kier alpha value is -1.43. The molecular weight excluding hydrogens is 268 g/mol. The highest BCUT2D eigenvalue weighted by Crippen LogP contribution is 2.21. The molecule has 1 rings (SSSR count). The van der Waals surface area contributed by atoms with E-state index in [2.05, 4.69) is 11.9 Å². The van der Waals surface area contributed by atoms with Gasteiger partial charge in [-0.25, -0.2) is 0 Å². The highest BCUT2D eigenvalue weighted by molar-refractivity contribution is 6.31. The van der Waals surface area contributed by atoms with Crippen LogP contribution in [0.3, 0.4) is 0 Å². The summed E-state index contributed by atoms with van der Waals surface area (Å²) in [6, 6.07) is 4.40. The van der Waals surface area contributed by atoms with Crippen LogP contribution in [0.15, 0.2) is 30.4 Å². The molecule has 104 valence electrons. The lowest BCUT2D eigenvalue weighted by molar-refractivity contribution is -0.384. The van der Waals surface area contributed by atoms with Crippen molar-refractivity contribution < 1.29 is 9.66 Å². The fourth-order valence-corrected chi connectivity index (χ4v) is 1.61. The van der Waals surface area contributed by atoms with Crippen molar-refractivity contribution in [1.82, 2.24) is 5.32 Å². The van der Waals surface area contributed by atoms with Crippen molar-refractivity contribution in [3.63, 3.8) is 0 Å². The van der Waals surface area contributed by atoms with E-state index >= 15 is 0 Å². The zero-order chi connectivity index (χ0) is 14.3. The topological polar surface area (TPSA) is 64.4 Å². The van der Waals surface area contributed by atoms with Gasteiger partial charge in [0.1, 0.15) is 0 Å². The Morgan fingerprint density at radius 1 is 1.58 bits per heavy atom. The summed E-state index contributed by atoms with van der Waals surface area (Å²) >= 11 is 5.98. The van der Waals surface area contributed by atoms with Gasteiger partial charge in [0.15, 0.2) is 0 Å². The Kier molecular flexibility index (Phi) is 6.49. The molecule has 0 atom stereocenters. The average molecular weight is 285 g/mol. The van der Waals surface area contributed by atoms with Crippen molar-refractivity contribution in [1.29, 1.82) is 0 Å². The lowest BCUT2D eigenvalue weighted by atomic mass is 10.2. The fraction of sp³-hybridized carbons (Fsp3) is 0.385. The van der Waals surface area contributed by atoms with Crippen LogP contribution < -0.4 is 5.32 Å². The van der Waals surface area contributed by atoms with Crippen molar-refractivity contribution in [3.05, 3.63) is 51.1 Å². The summed E-state index contributed by atoms with van der Waals surface area (Å²) in [5.74, 6) is 0. The normalized spacial score (nSPS) is 10.4. The summed E-state index contributed by atoms with van der Waals surface area (Å²) in [4.78, 5) is 10.2. The molecule has 0 bridgehead atoms. The van der Waals surface area contributed by atoms with Gasteiger partial charge >= 0.3 is 0 Å². The second-order valence-corrected chi connectivity index (χ2v) is 4.63. The zero-order valence-corrected chi connectivity index (χ0v) is 11.6. The van der Waals surface area contributed by atoms with E-state index in [1.165, 1.54) is 18.2 Å². The van der Waals surface area contributed by atoms with Gasteiger partial charge in [-0.05, 0) is 18.6 Å². The molecule has 0 amide bonds. The minimum atomic E-state index is -0.435. The lowest BCUT2D eigenvalue weighted by Gasteiger charge is -2.07. The summed E-state index contributed by atoms with van der Waals surface area (Å²) in [5.41, 5.74) is 1.72. The van der Waals surface area contributed by atoms with Gasteiger partial charge in [-0.15, -0.1) is 0 Å². The fourth-order valence-electron chi connectivity index (χ4n) is 1.42. The smallest absolute Gasteiger partial charge is 0.269 e. The number of non-ortho nitro benzene ring substituents is 1. The van der Waals surface area contributed by atoms with Gasteiger partial charge in [-0.2, -0.15) is 0 Å². The Labute approximate surface area is 117 Å². The number of halogens is 1. The van der Waals surface area contributed by atoms with Crippen LogP contribution >= 0.6 is 11.6 Å². The molecule has 0 saturated heterocycles. The predicted octanol–water partition coefficient (Wildman–Crippen LogP) is 2.93. The molecule has 1 aromatic rings. The first-order chi connectivity index (χ1) is 9.00. The molecule has 0 spiro atoms.